The Kier molecular flexibility index (Phi) is 9.82. The molecule has 7 aromatic rings. The highest BCUT2D eigenvalue weighted by Gasteiger charge is 2.18. The molecule has 0 saturated carbocycles. The fraction of sp³-hybridized carbons (Fsp3) is 0.209. The highest BCUT2D eigenvalue weighted by atomic mass is 15.1. The molecule has 3 heterocycles. The van der Waals surface area contributed by atoms with Crippen molar-refractivity contribution in [3.63, 3.8) is 0 Å². The van der Waals surface area contributed by atoms with E-state index in [1.165, 1.54) is 0 Å². The Hall–Kier alpha value is -6.60. The topological polar surface area (TPSA) is 120 Å². The van der Waals surface area contributed by atoms with E-state index in [1.807, 2.05) is 91.0 Å². The average Bonchev–Trinajstić information content (AvgIpc) is 3.20. The summed E-state index contributed by atoms with van der Waals surface area (Å²) in [6.07, 6.45) is 0. The molecule has 0 aliphatic heterocycles. The van der Waals surface area contributed by atoms with Crippen LogP contribution in [0.3, 0.4) is 0 Å². The van der Waals surface area contributed by atoms with Crippen molar-refractivity contribution in [3.8, 4) is 68.3 Å². The molecule has 260 valence electrons. The van der Waals surface area contributed by atoms with E-state index in [1.54, 1.807) is 12.1 Å². The number of hydrogen-bond acceptors (Lipinski definition) is 9. The minimum absolute atomic E-state index is 0.0568. The van der Waals surface area contributed by atoms with Gasteiger partial charge >= 0.3 is 0 Å². The van der Waals surface area contributed by atoms with Crippen molar-refractivity contribution in [3.05, 3.63) is 132 Å². The quantitative estimate of drug-likeness (QED) is 0.136. The lowest BCUT2D eigenvalue weighted by Crippen LogP contribution is -2.08. The maximum Gasteiger partial charge on any atom is 0.187 e. The van der Waals surface area contributed by atoms with E-state index < -0.39 is 0 Å². The van der Waals surface area contributed by atoms with E-state index in [0.29, 0.717) is 46.5 Å². The number of aromatic nitrogens is 9. The van der Waals surface area contributed by atoms with Gasteiger partial charge < -0.3 is 0 Å². The largest absolute Gasteiger partial charge is 0.238 e. The van der Waals surface area contributed by atoms with Gasteiger partial charge in [-0.25, -0.2) is 49.7 Å². The zero-order chi connectivity index (χ0) is 37.1. The molecule has 10 nitrogen and oxygen atoms in total. The highest BCUT2D eigenvalue weighted by Crippen LogP contribution is 2.30. The monoisotopic (exact) mass is 694 g/mol. The molecule has 10 heteroatoms. The lowest BCUT2D eigenvalue weighted by atomic mass is 10.1. The molecular weight excluding hydrogens is 657 g/mol. The van der Waals surface area contributed by atoms with Gasteiger partial charge in [-0.05, 0) is 12.1 Å². The van der Waals surface area contributed by atoms with Crippen LogP contribution in [0.4, 0.5) is 5.69 Å². The normalized spacial score (nSPS) is 11.3. The molecule has 0 fully saturated rings. The number of rotatable bonds is 9. The van der Waals surface area contributed by atoms with Crippen LogP contribution in [0.1, 0.15) is 76.8 Å². The van der Waals surface area contributed by atoms with E-state index in [9.17, 15) is 0 Å². The zero-order valence-corrected chi connectivity index (χ0v) is 30.5. The first-order chi connectivity index (χ1) is 25.6. The summed E-state index contributed by atoms with van der Waals surface area (Å²) in [5.74, 6) is 5.92. The molecule has 53 heavy (non-hydrogen) atoms. The first-order valence-electron chi connectivity index (χ1n) is 17.7. The van der Waals surface area contributed by atoms with Crippen molar-refractivity contribution >= 4 is 5.69 Å². The van der Waals surface area contributed by atoms with Gasteiger partial charge in [0.15, 0.2) is 40.6 Å². The second kappa shape index (κ2) is 14.9. The Morgan fingerprint density at radius 2 is 0.679 bits per heavy atom. The Morgan fingerprint density at radius 3 is 1.08 bits per heavy atom. The molecule has 4 aromatic carbocycles. The molecule has 0 aliphatic carbocycles. The fourth-order valence-electron chi connectivity index (χ4n) is 5.59. The third-order valence-corrected chi connectivity index (χ3v) is 8.55. The Labute approximate surface area is 309 Å². The van der Waals surface area contributed by atoms with Crippen LogP contribution in [-0.2, 0) is 0 Å². The van der Waals surface area contributed by atoms with E-state index >= 15 is 0 Å². The molecular formula is C43H38N10. The van der Waals surface area contributed by atoms with Crippen molar-refractivity contribution in [2.24, 2.45) is 0 Å². The number of benzene rings is 4. The van der Waals surface area contributed by atoms with E-state index in [4.69, 9.17) is 51.4 Å². The van der Waals surface area contributed by atoms with Crippen molar-refractivity contribution < 1.29 is 0 Å². The molecule has 0 aliphatic rings. The first kappa shape index (κ1) is 34.8. The van der Waals surface area contributed by atoms with Gasteiger partial charge in [-0.15, -0.1) is 0 Å². The van der Waals surface area contributed by atoms with Crippen LogP contribution in [0.2, 0.25) is 0 Å². The molecule has 7 rings (SSSR count). The standard InChI is InChI=1S/C43H38N10/c1-25(2)35-45-36(26(3)4)47-40(46-35)30-15-11-16-31(23-30)41-48-37(27(5)6)49-42(53-41)32-17-12-18-33(24-32)43-51-38(28-13-9-8-10-14-28)50-39(52-43)29-19-21-34(44-7)22-20-29/h8-27H,1-6H3. The molecule has 3 aromatic heterocycles. The lowest BCUT2D eigenvalue weighted by molar-refractivity contribution is 0.697. The van der Waals surface area contributed by atoms with Crippen LogP contribution in [0.5, 0.6) is 0 Å². The predicted molar refractivity (Wildman–Crippen MR) is 208 cm³/mol. The summed E-state index contributed by atoms with van der Waals surface area (Å²) in [4.78, 5) is 47.4. The summed E-state index contributed by atoms with van der Waals surface area (Å²) in [6.45, 7) is 19.9. The zero-order valence-electron chi connectivity index (χ0n) is 30.5. The molecule has 0 saturated heterocycles. The van der Waals surface area contributed by atoms with Crippen molar-refractivity contribution in [2.45, 2.75) is 59.3 Å². The SMILES string of the molecule is [C-]#[N+]c1ccc(-c2nc(-c3ccccc3)nc(-c3cccc(-c4nc(-c5cccc(-c6nc(C(C)C)nc(C(C)C)n6)c5)nc(C(C)C)n4)c3)n2)cc1. The van der Waals surface area contributed by atoms with Gasteiger partial charge in [0.05, 0.1) is 6.57 Å². The summed E-state index contributed by atoms with van der Waals surface area (Å²) in [7, 11) is 0. The van der Waals surface area contributed by atoms with Gasteiger partial charge in [-0.1, -0.05) is 133 Å². The Bertz CT molecular complexity index is 2420. The van der Waals surface area contributed by atoms with Crippen LogP contribution in [0.15, 0.2) is 103 Å². The maximum absolute atomic E-state index is 7.35. The lowest BCUT2D eigenvalue weighted by Gasteiger charge is -2.13. The van der Waals surface area contributed by atoms with Crippen LogP contribution in [0.25, 0.3) is 73.2 Å². The summed E-state index contributed by atoms with van der Waals surface area (Å²) in [6, 6.07) is 33.0. The Morgan fingerprint density at radius 1 is 0.358 bits per heavy atom. The number of nitrogens with zero attached hydrogens (tertiary/aromatic N) is 10. The van der Waals surface area contributed by atoms with Crippen molar-refractivity contribution in [1.82, 2.24) is 44.9 Å². The van der Waals surface area contributed by atoms with Gasteiger partial charge in [-0.2, -0.15) is 0 Å². The fourth-order valence-corrected chi connectivity index (χ4v) is 5.59. The molecule has 0 bridgehead atoms. The minimum atomic E-state index is 0.0568. The molecule has 0 N–H and O–H groups in total. The maximum atomic E-state index is 7.35. The van der Waals surface area contributed by atoms with Gasteiger partial charge in [0.1, 0.15) is 17.5 Å². The van der Waals surface area contributed by atoms with Crippen LogP contribution >= 0.6 is 0 Å². The van der Waals surface area contributed by atoms with Gasteiger partial charge in [0, 0.05) is 51.1 Å². The van der Waals surface area contributed by atoms with Gasteiger partial charge in [0.25, 0.3) is 0 Å². The average molecular weight is 695 g/mol. The van der Waals surface area contributed by atoms with Crippen LogP contribution < -0.4 is 0 Å². The molecule has 0 amide bonds. The summed E-state index contributed by atoms with van der Waals surface area (Å²) in [5, 5.41) is 0. The summed E-state index contributed by atoms with van der Waals surface area (Å²) >= 11 is 0. The van der Waals surface area contributed by atoms with Crippen LogP contribution in [0, 0.1) is 6.57 Å². The third-order valence-electron chi connectivity index (χ3n) is 8.55. The van der Waals surface area contributed by atoms with Gasteiger partial charge in [0.2, 0.25) is 0 Å². The smallest absolute Gasteiger partial charge is 0.187 e. The molecule has 0 atom stereocenters. The summed E-state index contributed by atoms with van der Waals surface area (Å²) < 4.78 is 0. The molecule has 0 radical (unpaired) electrons. The van der Waals surface area contributed by atoms with Crippen LogP contribution in [-0.4, -0.2) is 44.9 Å². The second-order valence-corrected chi connectivity index (χ2v) is 13.7. The minimum Gasteiger partial charge on any atom is -0.238 e. The molecule has 0 spiro atoms. The van der Waals surface area contributed by atoms with Crippen molar-refractivity contribution in [1.29, 1.82) is 0 Å². The second-order valence-electron chi connectivity index (χ2n) is 13.7. The summed E-state index contributed by atoms with van der Waals surface area (Å²) in [5.41, 5.74) is 5.50. The Balaban J connectivity index is 1.31. The van der Waals surface area contributed by atoms with E-state index in [2.05, 4.69) is 46.4 Å². The predicted octanol–water partition coefficient (Wildman–Crippen LogP) is 10.2. The number of hydrogen-bond donors (Lipinski definition) is 0. The third kappa shape index (κ3) is 7.70. The van der Waals surface area contributed by atoms with E-state index in [0.717, 1.165) is 45.0 Å². The first-order valence-corrected chi connectivity index (χ1v) is 17.7. The van der Waals surface area contributed by atoms with Crippen molar-refractivity contribution in [2.75, 3.05) is 0 Å². The van der Waals surface area contributed by atoms with E-state index in [-0.39, 0.29) is 17.8 Å². The highest BCUT2D eigenvalue weighted by molar-refractivity contribution is 5.72. The molecule has 0 unspecified atom stereocenters. The van der Waals surface area contributed by atoms with Gasteiger partial charge in [-0.3, -0.25) is 0 Å².